The molecule has 8 nitrogen and oxygen atoms in total. The van der Waals surface area contributed by atoms with Crippen molar-refractivity contribution in [2.24, 2.45) is 5.92 Å². The number of carbonyl (C=O) groups excluding carboxylic acids is 1. The first kappa shape index (κ1) is 29.6. The Morgan fingerprint density at radius 1 is 1.03 bits per heavy atom. The first-order valence-corrected chi connectivity index (χ1v) is 14.2. The van der Waals surface area contributed by atoms with Gasteiger partial charge in [-0.1, -0.05) is 31.8 Å². The molecule has 1 aliphatic heterocycles. The highest BCUT2D eigenvalue weighted by atomic mass is 16.5. The molecule has 3 heterocycles. The van der Waals surface area contributed by atoms with Crippen molar-refractivity contribution in [2.45, 2.75) is 87.1 Å². The zero-order valence-electron chi connectivity index (χ0n) is 24.3. The van der Waals surface area contributed by atoms with E-state index in [0.717, 1.165) is 56.7 Å². The van der Waals surface area contributed by atoms with Gasteiger partial charge in [-0.2, -0.15) is 10.1 Å². The first-order valence-electron chi connectivity index (χ1n) is 14.2. The summed E-state index contributed by atoms with van der Waals surface area (Å²) in [4.78, 5) is 19.0. The van der Waals surface area contributed by atoms with Crippen LogP contribution in [0.4, 0.5) is 0 Å². The van der Waals surface area contributed by atoms with E-state index in [9.17, 15) is 4.79 Å². The fourth-order valence-electron chi connectivity index (χ4n) is 4.82. The summed E-state index contributed by atoms with van der Waals surface area (Å²) in [6, 6.07) is 6.25. The molecular weight excluding hydrogens is 478 g/mol. The molecular formula is C30H45N5O3. The molecule has 3 aromatic rings. The van der Waals surface area contributed by atoms with Crippen LogP contribution < -0.4 is 0 Å². The van der Waals surface area contributed by atoms with Crippen molar-refractivity contribution in [2.75, 3.05) is 26.2 Å². The van der Waals surface area contributed by atoms with Gasteiger partial charge in [-0.25, -0.2) is 0 Å². The van der Waals surface area contributed by atoms with Gasteiger partial charge >= 0.3 is 5.97 Å². The number of ether oxygens (including phenoxy) is 1. The van der Waals surface area contributed by atoms with Gasteiger partial charge in [0.15, 0.2) is 5.69 Å². The van der Waals surface area contributed by atoms with Crippen molar-refractivity contribution < 1.29 is 14.1 Å². The fraction of sp³-hybridized carbons (Fsp3) is 0.600. The summed E-state index contributed by atoms with van der Waals surface area (Å²) in [6.45, 7) is 18.7. The van der Waals surface area contributed by atoms with E-state index >= 15 is 0 Å². The second-order valence-electron chi connectivity index (χ2n) is 10.1. The van der Waals surface area contributed by atoms with Crippen molar-refractivity contribution >= 4 is 5.97 Å². The summed E-state index contributed by atoms with van der Waals surface area (Å²) >= 11 is 0. The Morgan fingerprint density at radius 2 is 1.68 bits per heavy atom. The van der Waals surface area contributed by atoms with Crippen molar-refractivity contribution in [3.63, 3.8) is 0 Å². The number of hydrogen-bond acceptors (Lipinski definition) is 7. The molecule has 0 radical (unpaired) electrons. The van der Waals surface area contributed by atoms with Crippen LogP contribution in [0.5, 0.6) is 0 Å². The minimum atomic E-state index is -0.0390. The molecule has 208 valence electrons. The highest BCUT2D eigenvalue weighted by molar-refractivity contribution is 5.72. The molecule has 0 aliphatic carbocycles. The maximum absolute atomic E-state index is 12.0. The largest absolute Gasteiger partial charge is 0.466 e. The molecule has 8 heteroatoms. The zero-order chi connectivity index (χ0) is 27.7. The molecule has 0 saturated carbocycles. The molecule has 1 aliphatic rings. The molecule has 4 rings (SSSR count). The molecule has 0 unspecified atom stereocenters. The van der Waals surface area contributed by atoms with Crippen LogP contribution in [0.15, 0.2) is 22.7 Å². The average molecular weight is 524 g/mol. The Balaban J connectivity index is 0.000000934. The average Bonchev–Trinajstić information content (AvgIpc) is 3.55. The number of rotatable bonds is 9. The van der Waals surface area contributed by atoms with Crippen molar-refractivity contribution in [1.29, 1.82) is 0 Å². The first-order chi connectivity index (χ1) is 18.3. The zero-order valence-corrected chi connectivity index (χ0v) is 24.3. The monoisotopic (exact) mass is 523 g/mol. The van der Waals surface area contributed by atoms with E-state index in [4.69, 9.17) is 9.26 Å². The van der Waals surface area contributed by atoms with E-state index in [0.29, 0.717) is 24.0 Å². The molecule has 0 amide bonds. The molecule has 2 aromatic heterocycles. The summed E-state index contributed by atoms with van der Waals surface area (Å²) in [5, 5.41) is 8.75. The standard InChI is InChI=1S/C26H35N5O3.C4H10/c1-6-31-19(5)16-23(28-31)25-27-24(29-34-25)21-14-17(3)22(18(4)15-21)10-13-30-11-8-20(9-12-30)26(32)33-7-2;1-3-4-2/h14-16,20H,6-13H2,1-5H3;3-4H2,1-2H3. The van der Waals surface area contributed by atoms with Crippen molar-refractivity contribution in [3.8, 4) is 23.0 Å². The summed E-state index contributed by atoms with van der Waals surface area (Å²) < 4.78 is 12.6. The van der Waals surface area contributed by atoms with E-state index in [1.54, 1.807) is 0 Å². The van der Waals surface area contributed by atoms with Gasteiger partial charge in [0.1, 0.15) is 0 Å². The summed E-state index contributed by atoms with van der Waals surface area (Å²) in [5.74, 6) is 1.04. The number of unbranched alkanes of at least 4 members (excludes halogenated alkanes) is 1. The number of nitrogens with zero attached hydrogens (tertiary/aromatic N) is 5. The van der Waals surface area contributed by atoms with E-state index in [1.807, 2.05) is 24.6 Å². The number of esters is 1. The lowest BCUT2D eigenvalue weighted by Gasteiger charge is -2.31. The van der Waals surface area contributed by atoms with Gasteiger partial charge in [0.05, 0.1) is 12.5 Å². The van der Waals surface area contributed by atoms with Crippen LogP contribution in [0, 0.1) is 26.7 Å². The molecule has 1 fully saturated rings. The lowest BCUT2D eigenvalue weighted by atomic mass is 9.94. The van der Waals surface area contributed by atoms with Crippen molar-refractivity contribution in [1.82, 2.24) is 24.8 Å². The number of aryl methyl sites for hydroxylation is 4. The van der Waals surface area contributed by atoms with Gasteiger partial charge in [-0.05, 0) is 102 Å². The van der Waals surface area contributed by atoms with E-state index in [2.05, 4.69) is 66.9 Å². The SMILES string of the molecule is CCCC.CCOC(=O)C1CCN(CCc2c(C)cc(-c3noc(-c4cc(C)n(CC)n4)n3)cc2C)CC1. The minimum absolute atomic E-state index is 0.0390. The van der Waals surface area contributed by atoms with Crippen LogP contribution in [0.3, 0.4) is 0 Å². The van der Waals surface area contributed by atoms with Crippen LogP contribution in [-0.4, -0.2) is 57.0 Å². The quantitative estimate of drug-likeness (QED) is 0.310. The molecule has 0 bridgehead atoms. The highest BCUT2D eigenvalue weighted by Crippen LogP contribution is 2.27. The Bertz CT molecular complexity index is 1150. The lowest BCUT2D eigenvalue weighted by molar-refractivity contribution is -0.149. The smallest absolute Gasteiger partial charge is 0.309 e. The number of likely N-dealkylation sites (tertiary alicyclic amines) is 1. The third-order valence-electron chi connectivity index (χ3n) is 7.27. The molecule has 0 spiro atoms. The third kappa shape index (κ3) is 7.53. The van der Waals surface area contributed by atoms with Gasteiger partial charge in [-0.15, -0.1) is 0 Å². The van der Waals surface area contributed by atoms with Crippen LogP contribution in [-0.2, 0) is 22.5 Å². The van der Waals surface area contributed by atoms with Crippen LogP contribution in [0.25, 0.3) is 23.0 Å². The number of hydrogen-bond donors (Lipinski definition) is 0. The maximum Gasteiger partial charge on any atom is 0.309 e. The van der Waals surface area contributed by atoms with E-state index in [1.165, 1.54) is 29.5 Å². The second kappa shape index (κ2) is 14.2. The number of piperidine rings is 1. The van der Waals surface area contributed by atoms with Gasteiger partial charge < -0.3 is 14.2 Å². The van der Waals surface area contributed by atoms with Gasteiger partial charge in [0.2, 0.25) is 5.82 Å². The normalized spacial score (nSPS) is 14.3. The highest BCUT2D eigenvalue weighted by Gasteiger charge is 2.26. The summed E-state index contributed by atoms with van der Waals surface area (Å²) in [6.07, 6.45) is 5.38. The van der Waals surface area contributed by atoms with E-state index in [-0.39, 0.29) is 11.9 Å². The third-order valence-corrected chi connectivity index (χ3v) is 7.27. The molecule has 1 aromatic carbocycles. The van der Waals surface area contributed by atoms with Crippen LogP contribution in [0.2, 0.25) is 0 Å². The Kier molecular flexibility index (Phi) is 11.1. The summed E-state index contributed by atoms with van der Waals surface area (Å²) in [7, 11) is 0. The van der Waals surface area contributed by atoms with E-state index < -0.39 is 0 Å². The Labute approximate surface area is 227 Å². The van der Waals surface area contributed by atoms with Gasteiger partial charge in [0.25, 0.3) is 5.89 Å². The Morgan fingerprint density at radius 3 is 2.24 bits per heavy atom. The predicted octanol–water partition coefficient (Wildman–Crippen LogP) is 6.17. The van der Waals surface area contributed by atoms with Crippen LogP contribution in [0.1, 0.15) is 75.8 Å². The lowest BCUT2D eigenvalue weighted by Crippen LogP contribution is -2.38. The minimum Gasteiger partial charge on any atom is -0.466 e. The predicted molar refractivity (Wildman–Crippen MR) is 151 cm³/mol. The summed E-state index contributed by atoms with van der Waals surface area (Å²) in [5.41, 5.74) is 6.55. The van der Waals surface area contributed by atoms with Gasteiger partial charge in [0, 0.05) is 24.3 Å². The second-order valence-corrected chi connectivity index (χ2v) is 10.1. The Hall–Kier alpha value is -3.00. The number of carbonyl (C=O) groups is 1. The molecule has 0 atom stereocenters. The fourth-order valence-corrected chi connectivity index (χ4v) is 4.82. The molecule has 38 heavy (non-hydrogen) atoms. The number of benzene rings is 1. The van der Waals surface area contributed by atoms with Crippen LogP contribution >= 0.6 is 0 Å². The topological polar surface area (TPSA) is 86.3 Å². The number of aromatic nitrogens is 4. The van der Waals surface area contributed by atoms with Gasteiger partial charge in [-0.3, -0.25) is 9.48 Å². The molecule has 1 saturated heterocycles. The maximum atomic E-state index is 12.0. The van der Waals surface area contributed by atoms with Crippen molar-refractivity contribution in [3.05, 3.63) is 40.6 Å². The molecule has 0 N–H and O–H groups in total.